The zero-order valence-corrected chi connectivity index (χ0v) is 8.51. The summed E-state index contributed by atoms with van der Waals surface area (Å²) in [5, 5.41) is 2.94. The molecule has 0 radical (unpaired) electrons. The van der Waals surface area contributed by atoms with Crippen LogP contribution < -0.4 is 5.32 Å². The maximum absolute atomic E-state index is 11.5. The smallest absolute Gasteiger partial charge is 0.317 e. The number of urea groups is 1. The number of hydrogen-bond acceptors (Lipinski definition) is 1. The molecule has 1 saturated heterocycles. The van der Waals surface area contributed by atoms with E-state index in [0.717, 1.165) is 32.5 Å². The van der Waals surface area contributed by atoms with Gasteiger partial charge >= 0.3 is 6.03 Å². The van der Waals surface area contributed by atoms with Crippen molar-refractivity contribution in [1.29, 1.82) is 0 Å². The molecule has 0 aromatic rings. The third-order valence-corrected chi connectivity index (χ3v) is 2.45. The van der Waals surface area contributed by atoms with E-state index in [-0.39, 0.29) is 6.03 Å². The predicted molar refractivity (Wildman–Crippen MR) is 53.7 cm³/mol. The number of unbranched alkanes of at least 4 members (excludes halogenated alkanes) is 1. The first kappa shape index (κ1) is 10.4. The van der Waals surface area contributed by atoms with Crippen molar-refractivity contribution in [2.75, 3.05) is 19.6 Å². The molecule has 1 aliphatic rings. The Hall–Kier alpha value is -0.730. The Morgan fingerprint density at radius 1 is 1.31 bits per heavy atom. The third-order valence-electron chi connectivity index (χ3n) is 2.45. The molecule has 0 aliphatic carbocycles. The number of likely N-dealkylation sites (tertiary alicyclic amines) is 1. The van der Waals surface area contributed by atoms with Gasteiger partial charge in [-0.05, 0) is 25.7 Å². The molecule has 0 unspecified atom stereocenters. The minimum Gasteiger partial charge on any atom is -0.338 e. The second-order valence-corrected chi connectivity index (χ2v) is 3.63. The number of rotatable bonds is 3. The lowest BCUT2D eigenvalue weighted by Gasteiger charge is -2.26. The average Bonchev–Trinajstić information content (AvgIpc) is 2.19. The molecule has 0 atom stereocenters. The van der Waals surface area contributed by atoms with Gasteiger partial charge in [-0.1, -0.05) is 13.3 Å². The molecule has 0 spiro atoms. The number of nitrogens with zero attached hydrogens (tertiary/aromatic N) is 1. The van der Waals surface area contributed by atoms with Gasteiger partial charge in [0, 0.05) is 19.6 Å². The van der Waals surface area contributed by atoms with Crippen LogP contribution in [0, 0.1) is 0 Å². The van der Waals surface area contributed by atoms with Gasteiger partial charge in [0.25, 0.3) is 0 Å². The van der Waals surface area contributed by atoms with E-state index in [2.05, 4.69) is 12.2 Å². The second-order valence-electron chi connectivity index (χ2n) is 3.63. The summed E-state index contributed by atoms with van der Waals surface area (Å²) < 4.78 is 0. The van der Waals surface area contributed by atoms with E-state index in [0.29, 0.717) is 0 Å². The number of piperidine rings is 1. The number of carbonyl (C=O) groups is 1. The second kappa shape index (κ2) is 5.84. The summed E-state index contributed by atoms with van der Waals surface area (Å²) in [7, 11) is 0. The van der Waals surface area contributed by atoms with Gasteiger partial charge in [0.2, 0.25) is 0 Å². The molecule has 13 heavy (non-hydrogen) atoms. The van der Waals surface area contributed by atoms with Crippen LogP contribution in [0.1, 0.15) is 39.0 Å². The van der Waals surface area contributed by atoms with Crippen LogP contribution in [0.5, 0.6) is 0 Å². The molecular formula is C10H20N2O. The van der Waals surface area contributed by atoms with Crippen LogP contribution in [-0.4, -0.2) is 30.6 Å². The Labute approximate surface area is 80.5 Å². The van der Waals surface area contributed by atoms with Crippen molar-refractivity contribution in [1.82, 2.24) is 10.2 Å². The summed E-state index contributed by atoms with van der Waals surface area (Å²) in [6.45, 7) is 4.84. The first-order valence-corrected chi connectivity index (χ1v) is 5.37. The van der Waals surface area contributed by atoms with Gasteiger partial charge in [-0.25, -0.2) is 4.79 Å². The minimum absolute atomic E-state index is 0.133. The van der Waals surface area contributed by atoms with Gasteiger partial charge < -0.3 is 10.2 Å². The standard InChI is InChI=1S/C10H20N2O/c1-2-3-7-11-10(13)12-8-5-4-6-9-12/h2-9H2,1H3,(H,11,13). The fourth-order valence-corrected chi connectivity index (χ4v) is 1.58. The predicted octanol–water partition coefficient (Wildman–Crippen LogP) is 1.98. The first-order valence-electron chi connectivity index (χ1n) is 5.37. The number of carbonyl (C=O) groups excluding carboxylic acids is 1. The van der Waals surface area contributed by atoms with Gasteiger partial charge in [-0.2, -0.15) is 0 Å². The van der Waals surface area contributed by atoms with Gasteiger partial charge in [0.15, 0.2) is 0 Å². The summed E-state index contributed by atoms with van der Waals surface area (Å²) in [4.78, 5) is 13.4. The van der Waals surface area contributed by atoms with Crippen molar-refractivity contribution in [2.45, 2.75) is 39.0 Å². The summed E-state index contributed by atoms with van der Waals surface area (Å²) >= 11 is 0. The summed E-state index contributed by atoms with van der Waals surface area (Å²) in [6, 6.07) is 0.133. The van der Waals surface area contributed by atoms with Crippen LogP contribution in [0.2, 0.25) is 0 Å². The lowest BCUT2D eigenvalue weighted by atomic mass is 10.1. The lowest BCUT2D eigenvalue weighted by molar-refractivity contribution is 0.186. The van der Waals surface area contributed by atoms with E-state index in [1.807, 2.05) is 4.90 Å². The summed E-state index contributed by atoms with van der Waals surface area (Å²) in [5.41, 5.74) is 0. The summed E-state index contributed by atoms with van der Waals surface area (Å²) in [6.07, 6.45) is 5.83. The van der Waals surface area contributed by atoms with Crippen LogP contribution in [0.4, 0.5) is 4.79 Å². The largest absolute Gasteiger partial charge is 0.338 e. The SMILES string of the molecule is CCCCNC(=O)N1CCCCC1. The van der Waals surface area contributed by atoms with E-state index in [9.17, 15) is 4.79 Å². The van der Waals surface area contributed by atoms with Crippen molar-refractivity contribution in [3.63, 3.8) is 0 Å². The van der Waals surface area contributed by atoms with E-state index < -0.39 is 0 Å². The summed E-state index contributed by atoms with van der Waals surface area (Å²) in [5.74, 6) is 0. The molecule has 3 nitrogen and oxygen atoms in total. The number of amides is 2. The molecule has 1 aliphatic heterocycles. The van der Waals surface area contributed by atoms with Crippen LogP contribution in [0.15, 0.2) is 0 Å². The van der Waals surface area contributed by atoms with E-state index in [4.69, 9.17) is 0 Å². The molecule has 2 amide bonds. The molecule has 1 heterocycles. The van der Waals surface area contributed by atoms with Crippen molar-refractivity contribution in [3.8, 4) is 0 Å². The van der Waals surface area contributed by atoms with Gasteiger partial charge in [0.05, 0.1) is 0 Å². The van der Waals surface area contributed by atoms with Crippen molar-refractivity contribution in [2.24, 2.45) is 0 Å². The van der Waals surface area contributed by atoms with Crippen molar-refractivity contribution < 1.29 is 4.79 Å². The highest BCUT2D eigenvalue weighted by atomic mass is 16.2. The van der Waals surface area contributed by atoms with Crippen LogP contribution in [0.25, 0.3) is 0 Å². The fraction of sp³-hybridized carbons (Fsp3) is 0.900. The fourth-order valence-electron chi connectivity index (χ4n) is 1.58. The monoisotopic (exact) mass is 184 g/mol. The van der Waals surface area contributed by atoms with E-state index in [1.54, 1.807) is 0 Å². The third kappa shape index (κ3) is 3.66. The van der Waals surface area contributed by atoms with Gasteiger partial charge in [-0.15, -0.1) is 0 Å². The molecular weight excluding hydrogens is 164 g/mol. The molecule has 0 bridgehead atoms. The molecule has 0 aromatic heterocycles. The van der Waals surface area contributed by atoms with Gasteiger partial charge in [-0.3, -0.25) is 0 Å². The van der Waals surface area contributed by atoms with Crippen LogP contribution >= 0.6 is 0 Å². The van der Waals surface area contributed by atoms with Gasteiger partial charge in [0.1, 0.15) is 0 Å². The van der Waals surface area contributed by atoms with Crippen molar-refractivity contribution >= 4 is 6.03 Å². The maximum Gasteiger partial charge on any atom is 0.317 e. The quantitative estimate of drug-likeness (QED) is 0.668. The Bertz CT molecular complexity index is 153. The van der Waals surface area contributed by atoms with Crippen molar-refractivity contribution in [3.05, 3.63) is 0 Å². The zero-order chi connectivity index (χ0) is 9.52. The first-order chi connectivity index (χ1) is 6.34. The van der Waals surface area contributed by atoms with E-state index >= 15 is 0 Å². The molecule has 1 rings (SSSR count). The Balaban J connectivity index is 2.13. The normalized spacial score (nSPS) is 17.2. The molecule has 76 valence electrons. The molecule has 1 fully saturated rings. The Morgan fingerprint density at radius 3 is 2.62 bits per heavy atom. The molecule has 1 N–H and O–H groups in total. The molecule has 3 heteroatoms. The Kier molecular flexibility index (Phi) is 4.65. The lowest BCUT2D eigenvalue weighted by Crippen LogP contribution is -2.43. The maximum atomic E-state index is 11.5. The number of hydrogen-bond donors (Lipinski definition) is 1. The number of nitrogens with one attached hydrogen (secondary N) is 1. The van der Waals surface area contributed by atoms with Crippen LogP contribution in [-0.2, 0) is 0 Å². The highest BCUT2D eigenvalue weighted by Gasteiger charge is 2.14. The van der Waals surface area contributed by atoms with E-state index in [1.165, 1.54) is 19.3 Å². The highest BCUT2D eigenvalue weighted by molar-refractivity contribution is 5.74. The minimum atomic E-state index is 0.133. The van der Waals surface area contributed by atoms with Crippen LogP contribution in [0.3, 0.4) is 0 Å². The average molecular weight is 184 g/mol. The molecule has 0 saturated carbocycles. The highest BCUT2D eigenvalue weighted by Crippen LogP contribution is 2.08. The Morgan fingerprint density at radius 2 is 2.00 bits per heavy atom. The molecule has 0 aromatic carbocycles. The zero-order valence-electron chi connectivity index (χ0n) is 8.51. The topological polar surface area (TPSA) is 32.3 Å².